The number of nitrogens with zero attached hydrogens (tertiary/aromatic N) is 1. The molecular formula is C40H29N3. The van der Waals surface area contributed by atoms with E-state index in [1.807, 2.05) is 54.6 Å². The summed E-state index contributed by atoms with van der Waals surface area (Å²) in [5.74, 6) is 0.817. The molecule has 3 nitrogen and oxygen atoms in total. The Morgan fingerprint density at radius 1 is 0.419 bits per heavy atom. The van der Waals surface area contributed by atoms with Gasteiger partial charge in [0.25, 0.3) is 0 Å². The number of para-hydroxylation sites is 1. The molecule has 0 aromatic heterocycles. The summed E-state index contributed by atoms with van der Waals surface area (Å²) < 4.78 is 0. The third-order valence-electron chi connectivity index (χ3n) is 7.72. The zero-order valence-electron chi connectivity index (χ0n) is 23.5. The number of benzene rings is 7. The van der Waals surface area contributed by atoms with E-state index < -0.39 is 0 Å². The quantitative estimate of drug-likeness (QED) is 0.162. The number of anilines is 1. The maximum atomic E-state index is 8.94. The molecule has 0 saturated heterocycles. The van der Waals surface area contributed by atoms with Gasteiger partial charge in [-0.3, -0.25) is 5.41 Å². The van der Waals surface area contributed by atoms with Gasteiger partial charge in [-0.15, -0.1) is 0 Å². The van der Waals surface area contributed by atoms with Crippen molar-refractivity contribution < 1.29 is 0 Å². The van der Waals surface area contributed by atoms with Gasteiger partial charge in [-0.1, -0.05) is 133 Å². The number of amidine groups is 2. The number of nitrogens with one attached hydrogen (secondary N) is 2. The average molecular weight is 552 g/mol. The minimum atomic E-state index is 0.194. The van der Waals surface area contributed by atoms with Crippen LogP contribution >= 0.6 is 0 Å². The Hall–Kier alpha value is -5.80. The Morgan fingerprint density at radius 2 is 0.953 bits per heavy atom. The van der Waals surface area contributed by atoms with E-state index in [1.54, 1.807) is 0 Å². The SMILES string of the molecule is N=C(N=C(Nc1ccccc1)c1cccc(-c2ccc3ccccc3c2)c1)c1ccc(-c2ccc3ccccc3c2)cc1. The highest BCUT2D eigenvalue weighted by molar-refractivity contribution is 6.16. The third-order valence-corrected chi connectivity index (χ3v) is 7.72. The van der Waals surface area contributed by atoms with Gasteiger partial charge >= 0.3 is 0 Å². The van der Waals surface area contributed by atoms with Gasteiger partial charge in [-0.2, -0.15) is 0 Å². The number of rotatable bonds is 5. The van der Waals surface area contributed by atoms with Gasteiger partial charge in [0.05, 0.1) is 0 Å². The largest absolute Gasteiger partial charge is 0.340 e. The Labute approximate surface area is 251 Å². The molecule has 0 aliphatic rings. The highest BCUT2D eigenvalue weighted by Crippen LogP contribution is 2.27. The summed E-state index contributed by atoms with van der Waals surface area (Å²) in [6.45, 7) is 0. The molecule has 0 bridgehead atoms. The molecule has 0 fully saturated rings. The molecule has 0 heterocycles. The van der Waals surface area contributed by atoms with E-state index >= 15 is 0 Å². The molecule has 0 aliphatic heterocycles. The number of aliphatic imine (C=N–C) groups is 1. The zero-order chi connectivity index (χ0) is 29.0. The van der Waals surface area contributed by atoms with Gasteiger partial charge < -0.3 is 5.32 Å². The van der Waals surface area contributed by atoms with E-state index in [2.05, 4.69) is 115 Å². The van der Waals surface area contributed by atoms with Crippen LogP contribution < -0.4 is 5.32 Å². The van der Waals surface area contributed by atoms with Gasteiger partial charge in [0.15, 0.2) is 5.84 Å². The van der Waals surface area contributed by atoms with Gasteiger partial charge in [0, 0.05) is 16.8 Å². The van der Waals surface area contributed by atoms with Crippen molar-refractivity contribution in [1.29, 1.82) is 5.41 Å². The second-order valence-electron chi connectivity index (χ2n) is 10.6. The lowest BCUT2D eigenvalue weighted by molar-refractivity contribution is 1.40. The van der Waals surface area contributed by atoms with Crippen molar-refractivity contribution in [3.05, 3.63) is 175 Å². The van der Waals surface area contributed by atoms with Crippen molar-refractivity contribution in [3.8, 4) is 22.3 Å². The van der Waals surface area contributed by atoms with Crippen molar-refractivity contribution in [2.24, 2.45) is 4.99 Å². The smallest absolute Gasteiger partial charge is 0.154 e. The number of hydrogen-bond donors (Lipinski definition) is 2. The molecule has 0 unspecified atom stereocenters. The third kappa shape index (κ3) is 5.70. The van der Waals surface area contributed by atoms with Crippen molar-refractivity contribution in [1.82, 2.24) is 0 Å². The van der Waals surface area contributed by atoms with Crippen molar-refractivity contribution in [3.63, 3.8) is 0 Å². The van der Waals surface area contributed by atoms with E-state index in [0.717, 1.165) is 39.1 Å². The predicted octanol–water partition coefficient (Wildman–Crippen LogP) is 10.2. The molecule has 0 saturated carbocycles. The lowest BCUT2D eigenvalue weighted by Gasteiger charge is -2.13. The first-order valence-corrected chi connectivity index (χ1v) is 14.4. The van der Waals surface area contributed by atoms with Crippen LogP contribution in [-0.4, -0.2) is 11.7 Å². The first kappa shape index (κ1) is 26.1. The second-order valence-corrected chi connectivity index (χ2v) is 10.6. The topological polar surface area (TPSA) is 48.2 Å². The van der Waals surface area contributed by atoms with Gasteiger partial charge in [0.1, 0.15) is 5.84 Å². The van der Waals surface area contributed by atoms with Crippen LogP contribution in [0, 0.1) is 5.41 Å². The monoisotopic (exact) mass is 551 g/mol. The fourth-order valence-corrected chi connectivity index (χ4v) is 5.40. The van der Waals surface area contributed by atoms with E-state index in [-0.39, 0.29) is 5.84 Å². The maximum Gasteiger partial charge on any atom is 0.154 e. The summed E-state index contributed by atoms with van der Waals surface area (Å²) in [6.07, 6.45) is 0. The van der Waals surface area contributed by atoms with Gasteiger partial charge in [0.2, 0.25) is 0 Å². The fourth-order valence-electron chi connectivity index (χ4n) is 5.40. The summed E-state index contributed by atoms with van der Waals surface area (Å²) in [7, 11) is 0. The summed E-state index contributed by atoms with van der Waals surface area (Å²) in [4.78, 5) is 4.83. The summed E-state index contributed by atoms with van der Waals surface area (Å²) >= 11 is 0. The highest BCUT2D eigenvalue weighted by atomic mass is 15.0. The van der Waals surface area contributed by atoms with Crippen LogP contribution in [-0.2, 0) is 0 Å². The van der Waals surface area contributed by atoms with E-state index in [4.69, 9.17) is 10.4 Å². The molecule has 0 aliphatic carbocycles. The minimum Gasteiger partial charge on any atom is -0.340 e. The molecule has 0 atom stereocenters. The molecule has 0 amide bonds. The van der Waals surface area contributed by atoms with Crippen LogP contribution in [0.3, 0.4) is 0 Å². The molecule has 0 radical (unpaired) electrons. The fraction of sp³-hybridized carbons (Fsp3) is 0. The van der Waals surface area contributed by atoms with Crippen molar-refractivity contribution >= 4 is 38.9 Å². The Bertz CT molecular complexity index is 2110. The maximum absolute atomic E-state index is 8.94. The first-order valence-electron chi connectivity index (χ1n) is 14.4. The highest BCUT2D eigenvalue weighted by Gasteiger charge is 2.11. The molecule has 7 aromatic carbocycles. The molecule has 204 valence electrons. The summed E-state index contributed by atoms with van der Waals surface area (Å²) in [5, 5.41) is 17.3. The normalized spacial score (nSPS) is 11.5. The van der Waals surface area contributed by atoms with Crippen molar-refractivity contribution in [2.75, 3.05) is 5.32 Å². The minimum absolute atomic E-state index is 0.194. The summed E-state index contributed by atoms with van der Waals surface area (Å²) in [5.41, 5.74) is 7.07. The van der Waals surface area contributed by atoms with Crippen molar-refractivity contribution in [2.45, 2.75) is 0 Å². The van der Waals surface area contributed by atoms with E-state index in [0.29, 0.717) is 5.84 Å². The molecule has 43 heavy (non-hydrogen) atoms. The zero-order valence-corrected chi connectivity index (χ0v) is 23.5. The molecule has 0 spiro atoms. The molecule has 7 aromatic rings. The van der Waals surface area contributed by atoms with Crippen LogP contribution in [0.25, 0.3) is 43.8 Å². The average Bonchev–Trinajstić information content (AvgIpc) is 3.08. The first-order chi connectivity index (χ1) is 21.2. The second kappa shape index (κ2) is 11.6. The van der Waals surface area contributed by atoms with E-state index in [9.17, 15) is 0 Å². The van der Waals surface area contributed by atoms with Crippen LogP contribution in [0.5, 0.6) is 0 Å². The lowest BCUT2D eigenvalue weighted by atomic mass is 9.99. The van der Waals surface area contributed by atoms with Crippen LogP contribution in [0.15, 0.2) is 169 Å². The summed E-state index contributed by atoms with van der Waals surface area (Å²) in [6, 6.07) is 56.2. The molecular weight excluding hydrogens is 522 g/mol. The Kier molecular flexibility index (Phi) is 7.04. The number of hydrogen-bond acceptors (Lipinski definition) is 1. The van der Waals surface area contributed by atoms with Crippen LogP contribution in [0.2, 0.25) is 0 Å². The molecule has 3 heteroatoms. The van der Waals surface area contributed by atoms with Gasteiger partial charge in [-0.05, 0) is 74.1 Å². The van der Waals surface area contributed by atoms with Gasteiger partial charge in [-0.25, -0.2) is 4.99 Å². The van der Waals surface area contributed by atoms with E-state index in [1.165, 1.54) is 21.5 Å². The van der Waals surface area contributed by atoms with Crippen LogP contribution in [0.4, 0.5) is 5.69 Å². The number of fused-ring (bicyclic) bond motifs is 2. The lowest BCUT2D eigenvalue weighted by Crippen LogP contribution is -2.16. The van der Waals surface area contributed by atoms with Crippen LogP contribution in [0.1, 0.15) is 11.1 Å². The Morgan fingerprint density at radius 3 is 1.60 bits per heavy atom. The molecule has 7 rings (SSSR count). The standard InChI is InChI=1S/C40H29N3/c41-39(31-21-17-30(18-22-31)35-23-19-28-9-4-6-11-32(28)25-35)43-40(42-38-15-2-1-3-16-38)37-14-8-13-34(27-37)36-24-20-29-10-5-7-12-33(29)26-36/h1-27H,(H2,41,42,43). The Balaban J connectivity index is 1.21. The molecule has 2 N–H and O–H groups in total. The predicted molar refractivity (Wildman–Crippen MR) is 182 cm³/mol.